The lowest BCUT2D eigenvalue weighted by Crippen LogP contribution is -1.99. The van der Waals surface area contributed by atoms with Crippen LogP contribution < -0.4 is 0 Å². The Hall–Kier alpha value is -3.27. The van der Waals surface area contributed by atoms with Crippen molar-refractivity contribution >= 4 is 17.1 Å². The minimum atomic E-state index is -0.364. The molecule has 4 rings (SSSR count). The van der Waals surface area contributed by atoms with Crippen molar-refractivity contribution in [2.24, 2.45) is 4.99 Å². The molecular formula is C21H16N2O2. The molecule has 0 aliphatic heterocycles. The third-order valence-corrected chi connectivity index (χ3v) is 4.53. The average molecular weight is 328 g/mol. The molecule has 0 heterocycles. The molecule has 0 fully saturated rings. The number of aliphatic imine (C=N–C) groups is 1. The van der Waals surface area contributed by atoms with Crippen LogP contribution in [0.1, 0.15) is 23.6 Å². The van der Waals surface area contributed by atoms with E-state index in [1.165, 1.54) is 5.56 Å². The normalized spacial score (nSPS) is 13.6. The number of hydrogen-bond donors (Lipinski definition) is 0. The first-order chi connectivity index (χ1) is 12.2. The van der Waals surface area contributed by atoms with Gasteiger partial charge < -0.3 is 0 Å². The molecule has 0 bridgehead atoms. The van der Waals surface area contributed by atoms with Crippen molar-refractivity contribution in [3.63, 3.8) is 0 Å². The summed E-state index contributed by atoms with van der Waals surface area (Å²) in [4.78, 5) is 15.6. The number of nitro benzene ring substituents is 1. The molecule has 0 unspecified atom stereocenters. The largest absolute Gasteiger partial charge is 0.270 e. The summed E-state index contributed by atoms with van der Waals surface area (Å²) in [6.45, 7) is 2.11. The van der Waals surface area contributed by atoms with E-state index in [2.05, 4.69) is 19.1 Å². The SMILES string of the molecule is CCc1ccc(N=C2c3ccccc3-c3ccc([N+](=O)[O-])cc32)cc1. The first-order valence-electron chi connectivity index (χ1n) is 8.23. The summed E-state index contributed by atoms with van der Waals surface area (Å²) in [6, 6.07) is 21.1. The van der Waals surface area contributed by atoms with Crippen molar-refractivity contribution in [3.8, 4) is 11.1 Å². The molecule has 0 N–H and O–H groups in total. The monoisotopic (exact) mass is 328 g/mol. The van der Waals surface area contributed by atoms with Crippen LogP contribution >= 0.6 is 0 Å². The fraction of sp³-hybridized carbons (Fsp3) is 0.0952. The highest BCUT2D eigenvalue weighted by atomic mass is 16.6. The maximum Gasteiger partial charge on any atom is 0.270 e. The van der Waals surface area contributed by atoms with E-state index in [4.69, 9.17) is 4.99 Å². The smallest absolute Gasteiger partial charge is 0.258 e. The van der Waals surface area contributed by atoms with Crippen LogP contribution in [0.4, 0.5) is 11.4 Å². The Kier molecular flexibility index (Phi) is 3.65. The van der Waals surface area contributed by atoms with Gasteiger partial charge in [-0.1, -0.05) is 43.3 Å². The number of nitro groups is 1. The standard InChI is InChI=1S/C21H16N2O2/c1-2-14-7-9-15(10-8-14)22-21-19-6-4-3-5-17(19)18-12-11-16(23(24)25)13-20(18)21/h3-13H,2H2,1H3. The first kappa shape index (κ1) is 15.3. The minimum absolute atomic E-state index is 0.0839. The van der Waals surface area contributed by atoms with Gasteiger partial charge in [-0.2, -0.15) is 0 Å². The number of hydrogen-bond acceptors (Lipinski definition) is 3. The van der Waals surface area contributed by atoms with Gasteiger partial charge in [-0.25, -0.2) is 4.99 Å². The fourth-order valence-electron chi connectivity index (χ4n) is 3.20. The molecule has 4 heteroatoms. The summed E-state index contributed by atoms with van der Waals surface area (Å²) in [7, 11) is 0. The van der Waals surface area contributed by atoms with E-state index >= 15 is 0 Å². The van der Waals surface area contributed by atoms with Crippen LogP contribution in [-0.2, 0) is 6.42 Å². The van der Waals surface area contributed by atoms with Crippen molar-refractivity contribution in [1.82, 2.24) is 0 Å². The number of non-ortho nitro benzene ring substituents is 1. The number of aryl methyl sites for hydroxylation is 1. The highest BCUT2D eigenvalue weighted by Gasteiger charge is 2.26. The molecule has 3 aromatic carbocycles. The molecule has 0 radical (unpaired) electrons. The first-order valence-corrected chi connectivity index (χ1v) is 8.23. The molecule has 1 aliphatic carbocycles. The number of nitrogens with zero attached hydrogens (tertiary/aromatic N) is 2. The van der Waals surface area contributed by atoms with E-state index in [0.717, 1.165) is 40.1 Å². The lowest BCUT2D eigenvalue weighted by Gasteiger charge is -2.03. The van der Waals surface area contributed by atoms with Crippen LogP contribution in [0.5, 0.6) is 0 Å². The second kappa shape index (κ2) is 5.98. The van der Waals surface area contributed by atoms with E-state index < -0.39 is 0 Å². The fourth-order valence-corrected chi connectivity index (χ4v) is 3.20. The van der Waals surface area contributed by atoms with Gasteiger partial charge in [0.25, 0.3) is 5.69 Å². The molecule has 1 aliphatic rings. The zero-order valence-electron chi connectivity index (χ0n) is 13.8. The zero-order chi connectivity index (χ0) is 17.4. The summed E-state index contributed by atoms with van der Waals surface area (Å²) in [5.41, 5.74) is 6.86. The molecule has 122 valence electrons. The van der Waals surface area contributed by atoms with Crippen molar-refractivity contribution in [2.45, 2.75) is 13.3 Å². The molecular weight excluding hydrogens is 312 g/mol. The second-order valence-corrected chi connectivity index (χ2v) is 6.01. The Morgan fingerprint density at radius 2 is 1.56 bits per heavy atom. The topological polar surface area (TPSA) is 55.5 Å². The molecule has 0 spiro atoms. The van der Waals surface area contributed by atoms with E-state index in [0.29, 0.717) is 0 Å². The molecule has 0 atom stereocenters. The Bertz CT molecular complexity index is 1000. The Labute approximate surface area is 145 Å². The maximum absolute atomic E-state index is 11.2. The molecule has 3 aromatic rings. The lowest BCUT2D eigenvalue weighted by molar-refractivity contribution is -0.384. The zero-order valence-corrected chi connectivity index (χ0v) is 13.8. The van der Waals surface area contributed by atoms with E-state index in [1.54, 1.807) is 12.1 Å². The van der Waals surface area contributed by atoms with Crippen LogP contribution in [0, 0.1) is 10.1 Å². The van der Waals surface area contributed by atoms with Gasteiger partial charge >= 0.3 is 0 Å². The number of benzene rings is 3. The van der Waals surface area contributed by atoms with Crippen molar-refractivity contribution in [2.75, 3.05) is 0 Å². The van der Waals surface area contributed by atoms with Gasteiger partial charge in [-0.3, -0.25) is 10.1 Å². The Morgan fingerprint density at radius 3 is 2.24 bits per heavy atom. The van der Waals surface area contributed by atoms with Crippen molar-refractivity contribution in [1.29, 1.82) is 0 Å². The quantitative estimate of drug-likeness (QED) is 0.378. The number of rotatable bonds is 3. The molecule has 25 heavy (non-hydrogen) atoms. The molecule has 4 nitrogen and oxygen atoms in total. The molecule has 0 saturated heterocycles. The van der Waals surface area contributed by atoms with E-state index in [1.807, 2.05) is 42.5 Å². The lowest BCUT2D eigenvalue weighted by atomic mass is 10.1. The average Bonchev–Trinajstić information content (AvgIpc) is 2.96. The van der Waals surface area contributed by atoms with Crippen LogP contribution in [-0.4, -0.2) is 10.6 Å². The Balaban J connectivity index is 1.90. The predicted molar refractivity (Wildman–Crippen MR) is 99.7 cm³/mol. The van der Waals surface area contributed by atoms with E-state index in [-0.39, 0.29) is 10.6 Å². The summed E-state index contributed by atoms with van der Waals surface area (Å²) < 4.78 is 0. The van der Waals surface area contributed by atoms with Crippen LogP contribution in [0.2, 0.25) is 0 Å². The van der Waals surface area contributed by atoms with Crippen LogP contribution in [0.15, 0.2) is 71.7 Å². The highest BCUT2D eigenvalue weighted by molar-refractivity contribution is 6.25. The summed E-state index contributed by atoms with van der Waals surface area (Å²) in [5.74, 6) is 0. The summed E-state index contributed by atoms with van der Waals surface area (Å²) in [5, 5.41) is 11.2. The third kappa shape index (κ3) is 2.62. The molecule has 0 saturated carbocycles. The highest BCUT2D eigenvalue weighted by Crippen LogP contribution is 2.39. The van der Waals surface area contributed by atoms with Gasteiger partial charge in [0.1, 0.15) is 0 Å². The Morgan fingerprint density at radius 1 is 0.880 bits per heavy atom. The van der Waals surface area contributed by atoms with Gasteiger partial charge in [0.15, 0.2) is 0 Å². The molecule has 0 aromatic heterocycles. The maximum atomic E-state index is 11.2. The van der Waals surface area contributed by atoms with Crippen LogP contribution in [0.3, 0.4) is 0 Å². The predicted octanol–water partition coefficient (Wildman–Crippen LogP) is 5.31. The molecule has 0 amide bonds. The third-order valence-electron chi connectivity index (χ3n) is 4.53. The van der Waals surface area contributed by atoms with Crippen molar-refractivity contribution in [3.05, 3.63) is 93.5 Å². The minimum Gasteiger partial charge on any atom is -0.258 e. The van der Waals surface area contributed by atoms with Gasteiger partial charge in [0, 0.05) is 23.3 Å². The van der Waals surface area contributed by atoms with Gasteiger partial charge in [0.05, 0.1) is 16.3 Å². The van der Waals surface area contributed by atoms with Crippen molar-refractivity contribution < 1.29 is 4.92 Å². The van der Waals surface area contributed by atoms with Gasteiger partial charge in [-0.05, 0) is 41.3 Å². The number of fused-ring (bicyclic) bond motifs is 3. The van der Waals surface area contributed by atoms with Crippen LogP contribution in [0.25, 0.3) is 11.1 Å². The summed E-state index contributed by atoms with van der Waals surface area (Å²) >= 11 is 0. The second-order valence-electron chi connectivity index (χ2n) is 6.01. The van der Waals surface area contributed by atoms with Gasteiger partial charge in [0.2, 0.25) is 0 Å². The van der Waals surface area contributed by atoms with Gasteiger partial charge in [-0.15, -0.1) is 0 Å². The van der Waals surface area contributed by atoms with E-state index in [9.17, 15) is 10.1 Å². The summed E-state index contributed by atoms with van der Waals surface area (Å²) in [6.07, 6.45) is 0.981.